The largest absolute Gasteiger partial charge is 0.480 e. The number of benzene rings is 2. The highest BCUT2D eigenvalue weighted by atomic mass is 79.9. The van der Waals surface area contributed by atoms with Crippen molar-refractivity contribution in [1.82, 2.24) is 5.32 Å². The molecule has 0 aromatic heterocycles. The summed E-state index contributed by atoms with van der Waals surface area (Å²) in [6.07, 6.45) is -0.579. The van der Waals surface area contributed by atoms with E-state index in [1.807, 2.05) is 48.5 Å². The van der Waals surface area contributed by atoms with Crippen LogP contribution in [0.4, 0.5) is 4.79 Å². The van der Waals surface area contributed by atoms with Gasteiger partial charge in [-0.05, 0) is 49.6 Å². The van der Waals surface area contributed by atoms with Gasteiger partial charge in [-0.2, -0.15) is 0 Å². The number of nitrogens with one attached hydrogen (secondary N) is 1. The van der Waals surface area contributed by atoms with Crippen molar-refractivity contribution in [3.05, 3.63) is 58.6 Å². The Balaban J connectivity index is 2.15. The minimum Gasteiger partial charge on any atom is -0.480 e. The van der Waals surface area contributed by atoms with Crippen LogP contribution in [-0.2, 0) is 16.0 Å². The molecule has 0 aliphatic heterocycles. The summed E-state index contributed by atoms with van der Waals surface area (Å²) in [5.74, 6) is -1.11. The molecule has 0 bridgehead atoms. The zero-order valence-corrected chi connectivity index (χ0v) is 16.5. The predicted octanol–water partition coefficient (Wildman–Crippen LogP) is 4.64. The number of alkyl carbamates (subject to hydrolysis) is 1. The van der Waals surface area contributed by atoms with Gasteiger partial charge in [0.05, 0.1) is 0 Å². The van der Waals surface area contributed by atoms with Crippen LogP contribution in [-0.4, -0.2) is 28.8 Å². The molecule has 26 heavy (non-hydrogen) atoms. The zero-order chi connectivity index (χ0) is 19.3. The highest BCUT2D eigenvalue weighted by molar-refractivity contribution is 9.10. The molecule has 0 aliphatic carbocycles. The molecule has 6 heteroatoms. The molecule has 0 saturated heterocycles. The molecule has 1 atom stereocenters. The molecule has 0 heterocycles. The van der Waals surface area contributed by atoms with E-state index in [-0.39, 0.29) is 6.42 Å². The van der Waals surface area contributed by atoms with E-state index < -0.39 is 23.7 Å². The topological polar surface area (TPSA) is 75.6 Å². The Morgan fingerprint density at radius 1 is 1.12 bits per heavy atom. The van der Waals surface area contributed by atoms with Gasteiger partial charge < -0.3 is 15.2 Å². The molecule has 138 valence electrons. The van der Waals surface area contributed by atoms with Crippen LogP contribution in [0, 0.1) is 0 Å². The van der Waals surface area contributed by atoms with Crippen molar-refractivity contribution in [2.75, 3.05) is 0 Å². The fourth-order valence-corrected chi connectivity index (χ4v) is 2.83. The fraction of sp³-hybridized carbons (Fsp3) is 0.300. The number of carbonyl (C=O) groups excluding carboxylic acids is 1. The molecule has 2 aromatic carbocycles. The van der Waals surface area contributed by atoms with E-state index in [1.54, 1.807) is 20.8 Å². The van der Waals surface area contributed by atoms with Crippen LogP contribution in [0.1, 0.15) is 26.3 Å². The second-order valence-electron chi connectivity index (χ2n) is 6.95. The van der Waals surface area contributed by atoms with Gasteiger partial charge in [-0.25, -0.2) is 9.59 Å². The van der Waals surface area contributed by atoms with Crippen molar-refractivity contribution < 1.29 is 19.4 Å². The summed E-state index contributed by atoms with van der Waals surface area (Å²) in [6, 6.07) is 14.4. The van der Waals surface area contributed by atoms with E-state index in [2.05, 4.69) is 21.2 Å². The van der Waals surface area contributed by atoms with Gasteiger partial charge >= 0.3 is 12.1 Å². The second kappa shape index (κ2) is 8.36. The molecule has 2 N–H and O–H groups in total. The summed E-state index contributed by atoms with van der Waals surface area (Å²) in [6.45, 7) is 5.18. The van der Waals surface area contributed by atoms with Crippen LogP contribution >= 0.6 is 15.9 Å². The predicted molar refractivity (Wildman–Crippen MR) is 104 cm³/mol. The van der Waals surface area contributed by atoms with E-state index in [0.29, 0.717) is 0 Å². The lowest BCUT2D eigenvalue weighted by molar-refractivity contribution is -0.139. The Hall–Kier alpha value is -2.34. The second-order valence-corrected chi connectivity index (χ2v) is 7.87. The fourth-order valence-electron chi connectivity index (χ4n) is 2.43. The maximum absolute atomic E-state index is 11.9. The van der Waals surface area contributed by atoms with Crippen LogP contribution in [0.2, 0.25) is 0 Å². The SMILES string of the molecule is CC(C)(C)OC(=O)N[C@@H](Cc1cccc(-c2cccc(Br)c2)c1)C(=O)O. The van der Waals surface area contributed by atoms with Crippen molar-refractivity contribution in [2.45, 2.75) is 38.8 Å². The van der Waals surface area contributed by atoms with Gasteiger partial charge in [0, 0.05) is 10.9 Å². The number of hydrogen-bond donors (Lipinski definition) is 2. The van der Waals surface area contributed by atoms with Crippen molar-refractivity contribution in [3.8, 4) is 11.1 Å². The Morgan fingerprint density at radius 2 is 1.73 bits per heavy atom. The first-order chi connectivity index (χ1) is 12.1. The summed E-state index contributed by atoms with van der Waals surface area (Å²) in [4.78, 5) is 23.4. The monoisotopic (exact) mass is 419 g/mol. The molecule has 0 unspecified atom stereocenters. The molecule has 2 rings (SSSR count). The van der Waals surface area contributed by atoms with E-state index in [1.165, 1.54) is 0 Å². The zero-order valence-electron chi connectivity index (χ0n) is 15.0. The lowest BCUT2D eigenvalue weighted by atomic mass is 9.99. The molecule has 0 radical (unpaired) electrons. The third-order valence-corrected chi connectivity index (χ3v) is 4.01. The number of carbonyl (C=O) groups is 2. The molecular weight excluding hydrogens is 398 g/mol. The highest BCUT2D eigenvalue weighted by Gasteiger charge is 2.24. The Bertz CT molecular complexity index is 798. The van der Waals surface area contributed by atoms with E-state index in [0.717, 1.165) is 21.2 Å². The quantitative estimate of drug-likeness (QED) is 0.739. The number of ether oxygens (including phenoxy) is 1. The molecule has 0 aliphatic rings. The number of aliphatic carboxylic acids is 1. The van der Waals surface area contributed by atoms with Gasteiger partial charge in [-0.15, -0.1) is 0 Å². The standard InChI is InChI=1S/C20H22BrNO4/c1-20(2,3)26-19(25)22-17(18(23)24)11-13-6-4-7-14(10-13)15-8-5-9-16(21)12-15/h4-10,12,17H,11H2,1-3H3,(H,22,25)(H,23,24)/t17-/m0/s1. The molecule has 2 aromatic rings. The molecule has 0 fully saturated rings. The van der Waals surface area contributed by atoms with Gasteiger partial charge in [0.25, 0.3) is 0 Å². The van der Waals surface area contributed by atoms with Gasteiger partial charge in [-0.1, -0.05) is 52.3 Å². The Labute approximate surface area is 161 Å². The number of halogens is 1. The summed E-state index contributed by atoms with van der Waals surface area (Å²) < 4.78 is 6.11. The van der Waals surface area contributed by atoms with E-state index >= 15 is 0 Å². The minimum atomic E-state index is -1.11. The average Bonchev–Trinajstić information content (AvgIpc) is 2.52. The van der Waals surface area contributed by atoms with Crippen LogP contribution in [0.25, 0.3) is 11.1 Å². The number of amides is 1. The highest BCUT2D eigenvalue weighted by Crippen LogP contribution is 2.24. The first kappa shape index (κ1) is 20.0. The first-order valence-corrected chi connectivity index (χ1v) is 9.00. The van der Waals surface area contributed by atoms with Crippen molar-refractivity contribution >= 4 is 28.0 Å². The normalized spacial score (nSPS) is 12.3. The lowest BCUT2D eigenvalue weighted by Gasteiger charge is -2.22. The van der Waals surface area contributed by atoms with Crippen molar-refractivity contribution in [3.63, 3.8) is 0 Å². The Morgan fingerprint density at radius 3 is 2.31 bits per heavy atom. The Kier molecular flexibility index (Phi) is 6.42. The maximum atomic E-state index is 11.9. The van der Waals surface area contributed by atoms with Gasteiger partial charge in [0.2, 0.25) is 0 Å². The van der Waals surface area contributed by atoms with Crippen molar-refractivity contribution in [2.24, 2.45) is 0 Å². The van der Waals surface area contributed by atoms with E-state index in [9.17, 15) is 14.7 Å². The third-order valence-electron chi connectivity index (χ3n) is 3.51. The average molecular weight is 420 g/mol. The van der Waals surface area contributed by atoms with Gasteiger partial charge in [-0.3, -0.25) is 0 Å². The number of rotatable bonds is 5. The van der Waals surface area contributed by atoms with Crippen LogP contribution < -0.4 is 5.32 Å². The summed E-state index contributed by atoms with van der Waals surface area (Å²) in [5.41, 5.74) is 2.12. The van der Waals surface area contributed by atoms with Crippen LogP contribution in [0.15, 0.2) is 53.0 Å². The van der Waals surface area contributed by atoms with Crippen LogP contribution in [0.3, 0.4) is 0 Å². The van der Waals surface area contributed by atoms with Crippen molar-refractivity contribution in [1.29, 1.82) is 0 Å². The third kappa shape index (κ3) is 6.19. The minimum absolute atomic E-state index is 0.163. The number of hydrogen-bond acceptors (Lipinski definition) is 3. The number of carboxylic acid groups (broad SMARTS) is 1. The molecule has 0 saturated carbocycles. The summed E-state index contributed by atoms with van der Waals surface area (Å²) in [7, 11) is 0. The summed E-state index contributed by atoms with van der Waals surface area (Å²) >= 11 is 3.45. The molecule has 1 amide bonds. The van der Waals surface area contributed by atoms with E-state index in [4.69, 9.17) is 4.74 Å². The maximum Gasteiger partial charge on any atom is 0.408 e. The van der Waals surface area contributed by atoms with Gasteiger partial charge in [0.1, 0.15) is 11.6 Å². The first-order valence-electron chi connectivity index (χ1n) is 8.21. The smallest absolute Gasteiger partial charge is 0.408 e. The lowest BCUT2D eigenvalue weighted by Crippen LogP contribution is -2.44. The summed E-state index contributed by atoms with van der Waals surface area (Å²) in [5, 5.41) is 11.8. The van der Waals surface area contributed by atoms with Crippen LogP contribution in [0.5, 0.6) is 0 Å². The molecule has 0 spiro atoms. The molecular formula is C20H22BrNO4. The van der Waals surface area contributed by atoms with Gasteiger partial charge in [0.15, 0.2) is 0 Å². The number of carboxylic acids is 1. The molecule has 5 nitrogen and oxygen atoms in total.